The molecule has 1 aromatic heterocycles. The van der Waals surface area contributed by atoms with Crippen LogP contribution in [0.1, 0.15) is 43.8 Å². The molecular formula is C18H20N4O3S. The quantitative estimate of drug-likeness (QED) is 0.856. The van der Waals surface area contributed by atoms with E-state index >= 15 is 0 Å². The number of thioether (sulfide) groups is 1. The van der Waals surface area contributed by atoms with E-state index in [4.69, 9.17) is 4.52 Å². The fourth-order valence-corrected chi connectivity index (χ4v) is 4.70. The Bertz CT molecular complexity index is 844. The third kappa shape index (κ3) is 3.21. The summed E-state index contributed by atoms with van der Waals surface area (Å²) in [5.41, 5.74) is 0.219. The van der Waals surface area contributed by atoms with E-state index in [9.17, 15) is 9.59 Å². The molecule has 2 N–H and O–H groups in total. The molecular weight excluding hydrogens is 352 g/mol. The van der Waals surface area contributed by atoms with Crippen molar-refractivity contribution in [3.8, 4) is 0 Å². The predicted octanol–water partition coefficient (Wildman–Crippen LogP) is 2.77. The molecule has 136 valence electrons. The summed E-state index contributed by atoms with van der Waals surface area (Å²) in [7, 11) is 0. The zero-order valence-corrected chi connectivity index (χ0v) is 15.3. The van der Waals surface area contributed by atoms with Crippen LogP contribution >= 0.6 is 11.8 Å². The highest BCUT2D eigenvalue weighted by Crippen LogP contribution is 2.39. The molecule has 1 saturated carbocycles. The molecule has 7 nitrogen and oxygen atoms in total. The fraction of sp³-hybridized carbons (Fsp3) is 0.444. The van der Waals surface area contributed by atoms with E-state index in [0.29, 0.717) is 11.7 Å². The Morgan fingerprint density at radius 2 is 2.15 bits per heavy atom. The lowest BCUT2D eigenvalue weighted by Crippen LogP contribution is -2.46. The number of para-hydroxylation sites is 1. The van der Waals surface area contributed by atoms with E-state index in [-0.39, 0.29) is 18.2 Å². The van der Waals surface area contributed by atoms with Gasteiger partial charge < -0.3 is 15.2 Å². The standard InChI is InChI=1S/C18H20N4O3S/c1-11-19-17(22-25-11)18(8-4-5-9-18)21-15(23)10-14-16(24)20-12-6-2-3-7-13(12)26-14/h2-3,6-7,14H,4-5,8-10H2,1H3,(H,20,24)(H,21,23). The van der Waals surface area contributed by atoms with Gasteiger partial charge in [0.25, 0.3) is 0 Å². The lowest BCUT2D eigenvalue weighted by molar-refractivity contribution is -0.125. The first-order valence-corrected chi connectivity index (χ1v) is 9.62. The van der Waals surface area contributed by atoms with Crippen LogP contribution in [-0.2, 0) is 15.1 Å². The molecule has 2 heterocycles. The Morgan fingerprint density at radius 1 is 1.38 bits per heavy atom. The molecule has 2 aliphatic rings. The average Bonchev–Trinajstić information content (AvgIpc) is 3.25. The number of aryl methyl sites for hydroxylation is 1. The predicted molar refractivity (Wildman–Crippen MR) is 96.7 cm³/mol. The van der Waals surface area contributed by atoms with Crippen molar-refractivity contribution < 1.29 is 14.1 Å². The van der Waals surface area contributed by atoms with Gasteiger partial charge in [0.2, 0.25) is 17.7 Å². The summed E-state index contributed by atoms with van der Waals surface area (Å²) >= 11 is 1.43. The normalized spacial score (nSPS) is 21.1. The molecule has 0 radical (unpaired) electrons. The largest absolute Gasteiger partial charge is 0.343 e. The first kappa shape index (κ1) is 17.1. The molecule has 26 heavy (non-hydrogen) atoms. The number of hydrogen-bond donors (Lipinski definition) is 2. The average molecular weight is 372 g/mol. The van der Waals surface area contributed by atoms with Gasteiger partial charge in [-0.15, -0.1) is 11.8 Å². The number of amides is 2. The molecule has 1 aromatic carbocycles. The Kier molecular flexibility index (Phi) is 4.44. The second-order valence-electron chi connectivity index (χ2n) is 6.77. The maximum Gasteiger partial charge on any atom is 0.238 e. The molecule has 0 spiro atoms. The maximum absolute atomic E-state index is 12.7. The number of fused-ring (bicyclic) bond motifs is 1. The molecule has 0 bridgehead atoms. The van der Waals surface area contributed by atoms with E-state index in [2.05, 4.69) is 20.8 Å². The summed E-state index contributed by atoms with van der Waals surface area (Å²) in [5.74, 6) is 0.715. The van der Waals surface area contributed by atoms with E-state index in [1.807, 2.05) is 24.3 Å². The van der Waals surface area contributed by atoms with Gasteiger partial charge in [0.1, 0.15) is 5.54 Å². The molecule has 2 aromatic rings. The number of benzene rings is 1. The third-order valence-electron chi connectivity index (χ3n) is 4.87. The molecule has 1 aliphatic heterocycles. The van der Waals surface area contributed by atoms with Crippen LogP contribution < -0.4 is 10.6 Å². The van der Waals surface area contributed by atoms with Crippen molar-refractivity contribution >= 4 is 29.3 Å². The van der Waals surface area contributed by atoms with Gasteiger partial charge in [-0.3, -0.25) is 9.59 Å². The molecule has 1 aliphatic carbocycles. The minimum Gasteiger partial charge on any atom is -0.343 e. The topological polar surface area (TPSA) is 97.1 Å². The van der Waals surface area contributed by atoms with Gasteiger partial charge in [0.05, 0.1) is 10.9 Å². The van der Waals surface area contributed by atoms with Crippen molar-refractivity contribution in [2.75, 3.05) is 5.32 Å². The first-order chi connectivity index (χ1) is 12.6. The van der Waals surface area contributed by atoms with Crippen LogP contribution in [-0.4, -0.2) is 27.2 Å². The summed E-state index contributed by atoms with van der Waals surface area (Å²) in [4.78, 5) is 30.4. The first-order valence-electron chi connectivity index (χ1n) is 8.74. The number of aromatic nitrogens is 2. The van der Waals surface area contributed by atoms with Crippen LogP contribution in [0.2, 0.25) is 0 Å². The van der Waals surface area contributed by atoms with Crippen LogP contribution in [0.25, 0.3) is 0 Å². The fourth-order valence-electron chi connectivity index (χ4n) is 3.59. The Balaban J connectivity index is 1.47. The van der Waals surface area contributed by atoms with Crippen LogP contribution in [0.15, 0.2) is 33.7 Å². The van der Waals surface area contributed by atoms with Crippen molar-refractivity contribution in [3.05, 3.63) is 36.0 Å². The number of carbonyl (C=O) groups is 2. The summed E-state index contributed by atoms with van der Waals surface area (Å²) in [5, 5.41) is 9.55. The molecule has 1 atom stereocenters. The molecule has 8 heteroatoms. The summed E-state index contributed by atoms with van der Waals surface area (Å²) in [6.45, 7) is 1.74. The van der Waals surface area contributed by atoms with Crippen LogP contribution in [0.5, 0.6) is 0 Å². The van der Waals surface area contributed by atoms with Crippen molar-refractivity contribution in [3.63, 3.8) is 0 Å². The van der Waals surface area contributed by atoms with Gasteiger partial charge in [-0.25, -0.2) is 0 Å². The minimum atomic E-state index is -0.581. The molecule has 2 amide bonds. The summed E-state index contributed by atoms with van der Waals surface area (Å²) in [6, 6.07) is 7.61. The van der Waals surface area contributed by atoms with Crippen LogP contribution in [0, 0.1) is 6.92 Å². The Labute approximate surface area is 155 Å². The zero-order chi connectivity index (χ0) is 18.1. The molecule has 4 rings (SSSR count). The van der Waals surface area contributed by atoms with E-state index < -0.39 is 10.8 Å². The molecule has 1 unspecified atom stereocenters. The monoisotopic (exact) mass is 372 g/mol. The Morgan fingerprint density at radius 3 is 2.88 bits per heavy atom. The summed E-state index contributed by atoms with van der Waals surface area (Å²) in [6.07, 6.45) is 3.68. The van der Waals surface area contributed by atoms with Crippen molar-refractivity contribution in [2.45, 2.75) is 54.7 Å². The van der Waals surface area contributed by atoms with E-state index in [1.165, 1.54) is 11.8 Å². The van der Waals surface area contributed by atoms with E-state index in [0.717, 1.165) is 36.3 Å². The summed E-state index contributed by atoms with van der Waals surface area (Å²) < 4.78 is 5.11. The lowest BCUT2D eigenvalue weighted by Gasteiger charge is -2.28. The number of nitrogens with zero attached hydrogens (tertiary/aromatic N) is 2. The number of anilines is 1. The number of carbonyl (C=O) groups excluding carboxylic acids is 2. The number of hydrogen-bond acceptors (Lipinski definition) is 6. The highest BCUT2D eigenvalue weighted by atomic mass is 32.2. The molecule has 1 fully saturated rings. The van der Waals surface area contributed by atoms with Gasteiger partial charge in [0, 0.05) is 18.2 Å². The Hall–Kier alpha value is -2.35. The van der Waals surface area contributed by atoms with Crippen LogP contribution in [0.4, 0.5) is 5.69 Å². The second-order valence-corrected chi connectivity index (χ2v) is 8.01. The third-order valence-corrected chi connectivity index (χ3v) is 6.14. The van der Waals surface area contributed by atoms with Crippen molar-refractivity contribution in [1.29, 1.82) is 0 Å². The van der Waals surface area contributed by atoms with Gasteiger partial charge in [-0.1, -0.05) is 30.1 Å². The maximum atomic E-state index is 12.7. The highest BCUT2D eigenvalue weighted by Gasteiger charge is 2.42. The van der Waals surface area contributed by atoms with Crippen molar-refractivity contribution in [1.82, 2.24) is 15.5 Å². The second kappa shape index (κ2) is 6.75. The van der Waals surface area contributed by atoms with Crippen molar-refractivity contribution in [2.24, 2.45) is 0 Å². The number of rotatable bonds is 4. The highest BCUT2D eigenvalue weighted by molar-refractivity contribution is 8.01. The van der Waals surface area contributed by atoms with Crippen LogP contribution in [0.3, 0.4) is 0 Å². The zero-order valence-electron chi connectivity index (χ0n) is 14.4. The SMILES string of the molecule is Cc1nc(C2(NC(=O)CC3Sc4ccccc4NC3=O)CCCC2)no1. The van der Waals surface area contributed by atoms with E-state index in [1.54, 1.807) is 6.92 Å². The van der Waals surface area contributed by atoms with Gasteiger partial charge in [-0.2, -0.15) is 4.98 Å². The van der Waals surface area contributed by atoms with Gasteiger partial charge in [-0.05, 0) is 25.0 Å². The minimum absolute atomic E-state index is 0.115. The lowest BCUT2D eigenvalue weighted by atomic mass is 9.96. The molecule has 0 saturated heterocycles. The van der Waals surface area contributed by atoms with Gasteiger partial charge in [0.15, 0.2) is 5.82 Å². The van der Waals surface area contributed by atoms with Gasteiger partial charge >= 0.3 is 0 Å². The number of nitrogens with one attached hydrogen (secondary N) is 2. The smallest absolute Gasteiger partial charge is 0.238 e.